The van der Waals surface area contributed by atoms with Crippen LogP contribution in [0, 0.1) is 0 Å². The van der Waals surface area contributed by atoms with Gasteiger partial charge in [-0.05, 0) is 0 Å². The number of rotatable bonds is 5. The molecule has 0 radical (unpaired) electrons. The van der Waals surface area contributed by atoms with Gasteiger partial charge in [-0.15, -0.1) is 0 Å². The first-order valence-electron chi connectivity index (χ1n) is 4.63. The van der Waals surface area contributed by atoms with Crippen LogP contribution in [0.1, 0.15) is 16.9 Å². The largest absolute Gasteiger partial charge is 0.481 e. The topological polar surface area (TPSA) is 122 Å². The van der Waals surface area contributed by atoms with Crippen LogP contribution in [0.15, 0.2) is 12.5 Å². The Morgan fingerprint density at radius 1 is 1.47 bits per heavy atom. The second-order valence-electron chi connectivity index (χ2n) is 3.35. The van der Waals surface area contributed by atoms with E-state index in [0.717, 1.165) is 0 Å². The number of nitrogens with zero attached hydrogens (tertiary/aromatic N) is 2. The van der Waals surface area contributed by atoms with Gasteiger partial charge in [0.1, 0.15) is 11.7 Å². The van der Waals surface area contributed by atoms with Crippen molar-refractivity contribution in [1.82, 2.24) is 14.9 Å². The summed E-state index contributed by atoms with van der Waals surface area (Å²) in [5.74, 6) is -3.38. The summed E-state index contributed by atoms with van der Waals surface area (Å²) in [6.45, 7) is 0. The Labute approximate surface area is 95.9 Å². The number of hydrogen-bond donors (Lipinski definition) is 3. The highest BCUT2D eigenvalue weighted by molar-refractivity contribution is 5.95. The van der Waals surface area contributed by atoms with E-state index in [9.17, 15) is 14.4 Å². The van der Waals surface area contributed by atoms with Gasteiger partial charge in [0.2, 0.25) is 0 Å². The summed E-state index contributed by atoms with van der Waals surface area (Å²) in [6.07, 6.45) is 1.95. The lowest BCUT2D eigenvalue weighted by atomic mass is 10.2. The molecule has 0 unspecified atom stereocenters. The molecule has 0 aromatic carbocycles. The van der Waals surface area contributed by atoms with Crippen molar-refractivity contribution in [3.8, 4) is 0 Å². The highest BCUT2D eigenvalue weighted by atomic mass is 16.4. The van der Waals surface area contributed by atoms with Gasteiger partial charge in [0.25, 0.3) is 5.91 Å². The molecule has 1 atom stereocenters. The molecular weight excluding hydrogens is 230 g/mol. The molecular formula is C9H11N3O5. The van der Waals surface area contributed by atoms with Gasteiger partial charge < -0.3 is 20.1 Å². The molecule has 0 saturated carbocycles. The first kappa shape index (κ1) is 12.7. The highest BCUT2D eigenvalue weighted by Gasteiger charge is 2.24. The van der Waals surface area contributed by atoms with E-state index < -0.39 is 30.3 Å². The number of nitrogens with one attached hydrogen (secondary N) is 1. The van der Waals surface area contributed by atoms with Gasteiger partial charge in [0, 0.05) is 7.05 Å². The van der Waals surface area contributed by atoms with Gasteiger partial charge in [-0.1, -0.05) is 0 Å². The second-order valence-corrected chi connectivity index (χ2v) is 3.35. The van der Waals surface area contributed by atoms with Crippen LogP contribution in [0.4, 0.5) is 0 Å². The fourth-order valence-corrected chi connectivity index (χ4v) is 1.18. The van der Waals surface area contributed by atoms with Gasteiger partial charge in [-0.3, -0.25) is 9.59 Å². The fraction of sp³-hybridized carbons (Fsp3) is 0.333. The Morgan fingerprint density at radius 2 is 2.12 bits per heavy atom. The van der Waals surface area contributed by atoms with Crippen molar-refractivity contribution in [2.75, 3.05) is 0 Å². The maximum Gasteiger partial charge on any atom is 0.326 e. The van der Waals surface area contributed by atoms with Crippen molar-refractivity contribution in [3.63, 3.8) is 0 Å². The van der Waals surface area contributed by atoms with E-state index in [4.69, 9.17) is 10.2 Å². The average Bonchev–Trinajstić information content (AvgIpc) is 2.62. The molecule has 1 amide bonds. The van der Waals surface area contributed by atoms with Crippen LogP contribution in [-0.4, -0.2) is 43.7 Å². The number of carbonyl (C=O) groups excluding carboxylic acids is 1. The molecule has 0 spiro atoms. The van der Waals surface area contributed by atoms with Crippen LogP contribution in [0.2, 0.25) is 0 Å². The monoisotopic (exact) mass is 241 g/mol. The van der Waals surface area contributed by atoms with Crippen LogP contribution >= 0.6 is 0 Å². The minimum absolute atomic E-state index is 0.154. The number of aliphatic carboxylic acids is 2. The molecule has 0 aliphatic carbocycles. The number of aromatic nitrogens is 2. The minimum atomic E-state index is -1.46. The number of amides is 1. The Hall–Kier alpha value is -2.38. The van der Waals surface area contributed by atoms with Crippen molar-refractivity contribution in [3.05, 3.63) is 18.2 Å². The van der Waals surface area contributed by atoms with Gasteiger partial charge in [0.05, 0.1) is 18.9 Å². The standard InChI is InChI=1S/C9H11N3O5/c1-12-4-10-3-6(12)8(15)11-5(9(16)17)2-7(13)14/h3-5H,2H2,1H3,(H,11,15)(H,13,14)(H,16,17)/t5-/m0/s1. The smallest absolute Gasteiger partial charge is 0.326 e. The fourth-order valence-electron chi connectivity index (χ4n) is 1.18. The second kappa shape index (κ2) is 5.10. The number of aryl methyl sites for hydroxylation is 1. The van der Waals surface area contributed by atoms with Crippen molar-refractivity contribution in [2.24, 2.45) is 7.05 Å². The number of carbonyl (C=O) groups is 3. The molecule has 92 valence electrons. The third-order valence-corrected chi connectivity index (χ3v) is 2.03. The van der Waals surface area contributed by atoms with Crippen molar-refractivity contribution >= 4 is 17.8 Å². The number of imidazole rings is 1. The average molecular weight is 241 g/mol. The number of hydrogen-bond acceptors (Lipinski definition) is 4. The minimum Gasteiger partial charge on any atom is -0.481 e. The van der Waals surface area contributed by atoms with E-state index >= 15 is 0 Å². The van der Waals surface area contributed by atoms with Gasteiger partial charge in [-0.2, -0.15) is 0 Å². The lowest BCUT2D eigenvalue weighted by Crippen LogP contribution is -2.42. The van der Waals surface area contributed by atoms with Crippen LogP contribution in [-0.2, 0) is 16.6 Å². The van der Waals surface area contributed by atoms with Crippen molar-refractivity contribution in [1.29, 1.82) is 0 Å². The summed E-state index contributed by atoms with van der Waals surface area (Å²) in [4.78, 5) is 36.4. The maximum atomic E-state index is 11.6. The lowest BCUT2D eigenvalue weighted by molar-refractivity contribution is -0.145. The zero-order chi connectivity index (χ0) is 13.0. The molecule has 17 heavy (non-hydrogen) atoms. The Bertz CT molecular complexity index is 453. The van der Waals surface area contributed by atoms with Gasteiger partial charge in [-0.25, -0.2) is 9.78 Å². The zero-order valence-corrected chi connectivity index (χ0v) is 8.95. The van der Waals surface area contributed by atoms with Crippen molar-refractivity contribution < 1.29 is 24.6 Å². The highest BCUT2D eigenvalue weighted by Crippen LogP contribution is 1.99. The lowest BCUT2D eigenvalue weighted by Gasteiger charge is -2.12. The molecule has 3 N–H and O–H groups in total. The molecule has 0 bridgehead atoms. The maximum absolute atomic E-state index is 11.6. The SMILES string of the molecule is Cn1cncc1C(=O)N[C@@H](CC(=O)O)C(=O)O. The molecule has 8 nitrogen and oxygen atoms in total. The molecule has 8 heteroatoms. The van der Waals surface area contributed by atoms with Gasteiger partial charge in [0.15, 0.2) is 0 Å². The Kier molecular flexibility index (Phi) is 3.81. The van der Waals surface area contributed by atoms with Crippen LogP contribution < -0.4 is 5.32 Å². The molecule has 1 aromatic heterocycles. The molecule has 0 aliphatic rings. The summed E-state index contributed by atoms with van der Waals surface area (Å²) in [5.41, 5.74) is 0.154. The molecule has 0 fully saturated rings. The zero-order valence-electron chi connectivity index (χ0n) is 8.95. The van der Waals surface area contributed by atoms with E-state index in [1.54, 1.807) is 7.05 Å². The van der Waals surface area contributed by atoms with Crippen LogP contribution in [0.5, 0.6) is 0 Å². The van der Waals surface area contributed by atoms with E-state index in [1.807, 2.05) is 0 Å². The Morgan fingerprint density at radius 3 is 2.53 bits per heavy atom. The number of carboxylic acids is 2. The van der Waals surface area contributed by atoms with E-state index in [1.165, 1.54) is 17.1 Å². The summed E-state index contributed by atoms with van der Waals surface area (Å²) >= 11 is 0. The van der Waals surface area contributed by atoms with E-state index in [0.29, 0.717) is 0 Å². The molecule has 1 heterocycles. The van der Waals surface area contributed by atoms with E-state index in [2.05, 4.69) is 10.3 Å². The van der Waals surface area contributed by atoms with Crippen molar-refractivity contribution in [2.45, 2.75) is 12.5 Å². The molecule has 0 aliphatic heterocycles. The summed E-state index contributed by atoms with van der Waals surface area (Å²) < 4.78 is 1.40. The normalized spacial score (nSPS) is 11.8. The predicted octanol–water partition coefficient (Wildman–Crippen LogP) is -0.922. The number of carboxylic acid groups (broad SMARTS) is 2. The van der Waals surface area contributed by atoms with E-state index in [-0.39, 0.29) is 5.69 Å². The third kappa shape index (κ3) is 3.30. The predicted molar refractivity (Wildman–Crippen MR) is 54.4 cm³/mol. The molecule has 1 rings (SSSR count). The van der Waals surface area contributed by atoms with Crippen LogP contribution in [0.25, 0.3) is 0 Å². The quantitative estimate of drug-likeness (QED) is 0.612. The Balaban J connectivity index is 2.74. The van der Waals surface area contributed by atoms with Crippen LogP contribution in [0.3, 0.4) is 0 Å². The first-order chi connectivity index (χ1) is 7.91. The molecule has 0 saturated heterocycles. The third-order valence-electron chi connectivity index (χ3n) is 2.03. The summed E-state index contributed by atoms with van der Waals surface area (Å²) in [7, 11) is 1.56. The summed E-state index contributed by atoms with van der Waals surface area (Å²) in [5, 5.41) is 19.3. The summed E-state index contributed by atoms with van der Waals surface area (Å²) in [6, 6.07) is -1.46. The van der Waals surface area contributed by atoms with Gasteiger partial charge >= 0.3 is 11.9 Å². The molecule has 1 aromatic rings. The first-order valence-corrected chi connectivity index (χ1v) is 4.63.